The van der Waals surface area contributed by atoms with E-state index in [4.69, 9.17) is 11.6 Å². The number of nitrogens with zero attached hydrogens (tertiary/aromatic N) is 3. The maximum absolute atomic E-state index is 13.8. The molecule has 0 unspecified atom stereocenters. The van der Waals surface area contributed by atoms with Crippen LogP contribution >= 0.6 is 11.6 Å². The van der Waals surface area contributed by atoms with Gasteiger partial charge in [-0.3, -0.25) is 9.78 Å². The average Bonchev–Trinajstić information content (AvgIpc) is 3.04. The summed E-state index contributed by atoms with van der Waals surface area (Å²) in [5, 5.41) is 7.69. The molecule has 5 nitrogen and oxygen atoms in total. The van der Waals surface area contributed by atoms with Crippen LogP contribution in [0.1, 0.15) is 34.6 Å². The number of hydrogen-bond acceptors (Lipinski definition) is 3. The van der Waals surface area contributed by atoms with Crippen LogP contribution in [0.5, 0.6) is 0 Å². The number of hydrogen-bond donors (Lipinski definition) is 1. The minimum absolute atomic E-state index is 0.0850. The summed E-state index contributed by atoms with van der Waals surface area (Å²) in [5.41, 5.74) is 3.03. The fourth-order valence-corrected chi connectivity index (χ4v) is 3.48. The molecule has 0 fully saturated rings. The zero-order valence-corrected chi connectivity index (χ0v) is 14.6. The third-order valence-corrected chi connectivity index (χ3v) is 4.82. The Morgan fingerprint density at radius 3 is 2.81 bits per heavy atom. The first-order valence-electron chi connectivity index (χ1n) is 8.41. The molecule has 3 aromatic rings. The number of anilines is 1. The molecule has 0 bridgehead atoms. The molecule has 0 atom stereocenters. The molecule has 2 heterocycles. The lowest BCUT2D eigenvalue weighted by Crippen LogP contribution is -2.16. The maximum Gasteiger partial charge on any atom is 0.276 e. The average molecular weight is 371 g/mol. The molecule has 132 valence electrons. The molecular formula is C19H16ClFN4O. The second kappa shape index (κ2) is 6.88. The van der Waals surface area contributed by atoms with Crippen LogP contribution in [-0.2, 0) is 12.8 Å². The minimum atomic E-state index is -0.583. The zero-order chi connectivity index (χ0) is 18.1. The summed E-state index contributed by atoms with van der Waals surface area (Å²) in [4.78, 5) is 16.4. The van der Waals surface area contributed by atoms with Gasteiger partial charge in [0.05, 0.1) is 22.6 Å². The van der Waals surface area contributed by atoms with E-state index in [2.05, 4.69) is 15.4 Å². The Morgan fingerprint density at radius 2 is 2.00 bits per heavy atom. The second-order valence-electron chi connectivity index (χ2n) is 6.15. The summed E-state index contributed by atoms with van der Waals surface area (Å²) in [6, 6.07) is 8.81. The molecule has 0 aliphatic heterocycles. The van der Waals surface area contributed by atoms with Crippen molar-refractivity contribution in [2.75, 3.05) is 5.32 Å². The van der Waals surface area contributed by atoms with E-state index in [9.17, 15) is 9.18 Å². The summed E-state index contributed by atoms with van der Waals surface area (Å²) < 4.78 is 15.6. The summed E-state index contributed by atoms with van der Waals surface area (Å²) >= 11 is 6.32. The summed E-state index contributed by atoms with van der Waals surface area (Å²) in [6.45, 7) is 0. The van der Waals surface area contributed by atoms with Crippen molar-refractivity contribution >= 4 is 23.2 Å². The quantitative estimate of drug-likeness (QED) is 0.752. The second-order valence-corrected chi connectivity index (χ2v) is 6.56. The van der Waals surface area contributed by atoms with Crippen molar-refractivity contribution in [3.63, 3.8) is 0 Å². The molecule has 1 aromatic carbocycles. The summed E-state index contributed by atoms with van der Waals surface area (Å²) in [5.74, 6) is -1.01. The number of fused-ring (bicyclic) bond motifs is 1. The number of carbonyl (C=O) groups excluding carboxylic acids is 1. The fourth-order valence-electron chi connectivity index (χ4n) is 3.26. The molecule has 1 N–H and O–H groups in total. The number of amides is 1. The first-order chi connectivity index (χ1) is 12.6. The number of rotatable bonds is 3. The van der Waals surface area contributed by atoms with Crippen LogP contribution in [0.4, 0.5) is 10.1 Å². The molecule has 1 amide bonds. The summed E-state index contributed by atoms with van der Waals surface area (Å²) in [7, 11) is 0. The monoisotopic (exact) mass is 370 g/mol. The molecule has 0 saturated carbocycles. The highest BCUT2D eigenvalue weighted by Gasteiger charge is 2.26. The number of nitrogens with one attached hydrogen (secondary N) is 1. The first kappa shape index (κ1) is 16.7. The molecule has 1 aliphatic carbocycles. The predicted molar refractivity (Wildman–Crippen MR) is 97.4 cm³/mol. The Morgan fingerprint density at radius 1 is 1.19 bits per heavy atom. The van der Waals surface area contributed by atoms with E-state index in [1.807, 2.05) is 18.2 Å². The zero-order valence-electron chi connectivity index (χ0n) is 13.9. The highest BCUT2D eigenvalue weighted by Crippen LogP contribution is 2.30. The van der Waals surface area contributed by atoms with Crippen molar-refractivity contribution in [1.29, 1.82) is 0 Å². The van der Waals surface area contributed by atoms with Crippen molar-refractivity contribution < 1.29 is 9.18 Å². The van der Waals surface area contributed by atoms with Gasteiger partial charge in [-0.15, -0.1) is 0 Å². The van der Waals surface area contributed by atoms with Gasteiger partial charge in [-0.25, -0.2) is 9.07 Å². The fraction of sp³-hybridized carbons (Fsp3) is 0.211. The van der Waals surface area contributed by atoms with Crippen LogP contribution in [0.15, 0.2) is 42.7 Å². The summed E-state index contributed by atoms with van der Waals surface area (Å²) in [6.07, 6.45) is 6.10. The van der Waals surface area contributed by atoms with Gasteiger partial charge in [0.25, 0.3) is 5.91 Å². The Labute approximate surface area is 154 Å². The van der Waals surface area contributed by atoms with E-state index in [-0.39, 0.29) is 5.69 Å². The number of benzene rings is 1. The highest BCUT2D eigenvalue weighted by atomic mass is 35.5. The van der Waals surface area contributed by atoms with Gasteiger partial charge in [-0.05, 0) is 43.9 Å². The Hall–Kier alpha value is -2.73. The topological polar surface area (TPSA) is 59.8 Å². The van der Waals surface area contributed by atoms with Gasteiger partial charge in [0.15, 0.2) is 11.5 Å². The number of carbonyl (C=O) groups is 1. The van der Waals surface area contributed by atoms with E-state index in [1.165, 1.54) is 12.3 Å². The Kier molecular flexibility index (Phi) is 4.42. The van der Waals surface area contributed by atoms with E-state index in [0.29, 0.717) is 10.7 Å². The lowest BCUT2D eigenvalue weighted by Gasteiger charge is -2.14. The molecule has 1 aliphatic rings. The lowest BCUT2D eigenvalue weighted by molar-refractivity contribution is 0.102. The largest absolute Gasteiger partial charge is 0.318 e. The molecule has 26 heavy (non-hydrogen) atoms. The minimum Gasteiger partial charge on any atom is -0.318 e. The molecule has 0 spiro atoms. The highest BCUT2D eigenvalue weighted by molar-refractivity contribution is 6.32. The Bertz CT molecular complexity index is 985. The van der Waals surface area contributed by atoms with Gasteiger partial charge in [0, 0.05) is 17.5 Å². The van der Waals surface area contributed by atoms with Crippen LogP contribution in [0.3, 0.4) is 0 Å². The molecular weight excluding hydrogens is 355 g/mol. The van der Waals surface area contributed by atoms with Gasteiger partial charge in [0.2, 0.25) is 0 Å². The van der Waals surface area contributed by atoms with Crippen LogP contribution in [0.2, 0.25) is 5.02 Å². The predicted octanol–water partition coefficient (Wildman–Crippen LogP) is 4.19. The van der Waals surface area contributed by atoms with Crippen LogP contribution in [0, 0.1) is 5.82 Å². The molecule has 2 aromatic heterocycles. The van der Waals surface area contributed by atoms with Gasteiger partial charge in [-0.1, -0.05) is 23.7 Å². The molecule has 4 rings (SSSR count). The number of halogens is 2. The first-order valence-corrected chi connectivity index (χ1v) is 8.79. The van der Waals surface area contributed by atoms with E-state index < -0.39 is 11.7 Å². The van der Waals surface area contributed by atoms with Gasteiger partial charge in [-0.2, -0.15) is 5.10 Å². The molecule has 0 radical (unpaired) electrons. The third-order valence-electron chi connectivity index (χ3n) is 4.50. The third kappa shape index (κ3) is 2.97. The lowest BCUT2D eigenvalue weighted by atomic mass is 9.95. The van der Waals surface area contributed by atoms with Crippen molar-refractivity contribution in [3.05, 3.63) is 70.5 Å². The number of pyridine rings is 1. The smallest absolute Gasteiger partial charge is 0.276 e. The Balaban J connectivity index is 1.76. The van der Waals surface area contributed by atoms with Crippen molar-refractivity contribution in [3.8, 4) is 5.69 Å². The van der Waals surface area contributed by atoms with E-state index in [0.717, 1.165) is 48.8 Å². The van der Waals surface area contributed by atoms with E-state index in [1.54, 1.807) is 10.7 Å². The standard InChI is InChI=1S/C19H16ClFN4O/c20-13-6-2-4-8-17(13)25-16-7-3-1-5-12(16)18(24-25)19(26)23-15-9-10-22-11-14(15)21/h2,4,6,8-11H,1,3,5,7H2,(H,22,23,26). The SMILES string of the molecule is O=C(Nc1ccncc1F)c1nn(-c2ccccc2Cl)c2c1CCCC2. The maximum atomic E-state index is 13.8. The number of aromatic nitrogens is 3. The van der Waals surface area contributed by atoms with Gasteiger partial charge in [0.1, 0.15) is 0 Å². The van der Waals surface area contributed by atoms with Gasteiger partial charge >= 0.3 is 0 Å². The number of para-hydroxylation sites is 1. The van der Waals surface area contributed by atoms with Crippen molar-refractivity contribution in [2.45, 2.75) is 25.7 Å². The van der Waals surface area contributed by atoms with E-state index >= 15 is 0 Å². The van der Waals surface area contributed by atoms with Gasteiger partial charge < -0.3 is 5.32 Å². The molecule has 0 saturated heterocycles. The van der Waals surface area contributed by atoms with Crippen molar-refractivity contribution in [1.82, 2.24) is 14.8 Å². The van der Waals surface area contributed by atoms with Crippen LogP contribution < -0.4 is 5.32 Å². The molecule has 7 heteroatoms. The van der Waals surface area contributed by atoms with Crippen molar-refractivity contribution in [2.24, 2.45) is 0 Å². The van der Waals surface area contributed by atoms with Crippen LogP contribution in [-0.4, -0.2) is 20.7 Å². The van der Waals surface area contributed by atoms with Crippen LogP contribution in [0.25, 0.3) is 5.69 Å². The normalized spacial score (nSPS) is 13.3.